The third-order valence-corrected chi connectivity index (χ3v) is 3.04. The molecule has 1 rings (SSSR count). The zero-order valence-corrected chi connectivity index (χ0v) is 13.9. The molecule has 1 amide bonds. The number of allylic oxidation sites excluding steroid dienone is 10. The van der Waals surface area contributed by atoms with Gasteiger partial charge in [0, 0.05) is 11.8 Å². The Morgan fingerprint density at radius 3 is 2.88 bits per heavy atom. The van der Waals surface area contributed by atoms with Crippen molar-refractivity contribution >= 4 is 5.91 Å². The Labute approximate surface area is 141 Å². The largest absolute Gasteiger partial charge is 0.504 e. The summed E-state index contributed by atoms with van der Waals surface area (Å²) in [6.07, 6.45) is 13.9. The predicted molar refractivity (Wildman–Crippen MR) is 93.5 cm³/mol. The fourth-order valence-corrected chi connectivity index (χ4v) is 1.90. The maximum absolute atomic E-state index is 12.4. The molecule has 0 saturated carbocycles. The Bertz CT molecular complexity index is 664. The minimum atomic E-state index is -0.507. The summed E-state index contributed by atoms with van der Waals surface area (Å²) in [6.45, 7) is 4.86. The first-order chi connectivity index (χ1) is 11.4. The standard InChI is InChI=1S/C19H22FNO3/c1-14(20)7-4-5-8-15(2)21-19(23)12-11-16-9-6-10-18(24-3)17(22)13-16/h4,7-13,22H,1,5-6H2,2-3H3,(H,21,23)/b7-4-,12-11+,15-8+. The van der Waals surface area contributed by atoms with Gasteiger partial charge in [-0.25, -0.2) is 4.39 Å². The van der Waals surface area contributed by atoms with Gasteiger partial charge in [0.25, 0.3) is 0 Å². The van der Waals surface area contributed by atoms with Crippen LogP contribution in [0, 0.1) is 0 Å². The summed E-state index contributed by atoms with van der Waals surface area (Å²) in [7, 11) is 1.48. The van der Waals surface area contributed by atoms with Gasteiger partial charge >= 0.3 is 0 Å². The van der Waals surface area contributed by atoms with Crippen LogP contribution >= 0.6 is 0 Å². The Morgan fingerprint density at radius 1 is 1.46 bits per heavy atom. The summed E-state index contributed by atoms with van der Waals surface area (Å²) in [6, 6.07) is 0. The minimum absolute atomic E-state index is 0.0172. The molecule has 0 aromatic rings. The van der Waals surface area contributed by atoms with Gasteiger partial charge in [-0.15, -0.1) is 0 Å². The number of methoxy groups -OCH3 is 1. The molecule has 1 aliphatic carbocycles. The smallest absolute Gasteiger partial charge is 0.248 e. The van der Waals surface area contributed by atoms with E-state index < -0.39 is 5.83 Å². The molecule has 0 spiro atoms. The SMILES string of the molecule is C=C(F)/C=C\C/C=C(\C)NC(=O)/C=C/C1=CCC=C(OC)C(O)=C1. The number of rotatable bonds is 7. The zero-order chi connectivity index (χ0) is 17.9. The molecule has 0 aromatic carbocycles. The molecule has 4 nitrogen and oxygen atoms in total. The van der Waals surface area contributed by atoms with E-state index in [4.69, 9.17) is 4.74 Å². The summed E-state index contributed by atoms with van der Waals surface area (Å²) in [5.74, 6) is -0.377. The summed E-state index contributed by atoms with van der Waals surface area (Å²) in [5.41, 5.74) is 1.37. The van der Waals surface area contributed by atoms with Crippen molar-refractivity contribution in [3.63, 3.8) is 0 Å². The molecule has 0 heterocycles. The van der Waals surface area contributed by atoms with E-state index in [-0.39, 0.29) is 11.7 Å². The van der Waals surface area contributed by atoms with Gasteiger partial charge in [0.15, 0.2) is 11.5 Å². The second-order valence-electron chi connectivity index (χ2n) is 5.04. The van der Waals surface area contributed by atoms with E-state index in [2.05, 4.69) is 11.9 Å². The fraction of sp³-hybridized carbons (Fsp3) is 0.211. The minimum Gasteiger partial charge on any atom is -0.504 e. The number of nitrogens with one attached hydrogen (secondary N) is 1. The van der Waals surface area contributed by atoms with E-state index in [1.807, 2.05) is 6.08 Å². The van der Waals surface area contributed by atoms with Crippen molar-refractivity contribution < 1.29 is 19.0 Å². The summed E-state index contributed by atoms with van der Waals surface area (Å²) in [4.78, 5) is 11.8. The van der Waals surface area contributed by atoms with Crippen LogP contribution in [-0.4, -0.2) is 18.1 Å². The van der Waals surface area contributed by atoms with Gasteiger partial charge in [0.2, 0.25) is 5.91 Å². The second-order valence-corrected chi connectivity index (χ2v) is 5.04. The molecule has 0 radical (unpaired) electrons. The van der Waals surface area contributed by atoms with E-state index in [0.717, 1.165) is 0 Å². The molecule has 5 heteroatoms. The number of halogens is 1. The Morgan fingerprint density at radius 2 is 2.21 bits per heavy atom. The summed E-state index contributed by atoms with van der Waals surface area (Å²) < 4.78 is 17.4. The van der Waals surface area contributed by atoms with Crippen molar-refractivity contribution in [1.29, 1.82) is 0 Å². The van der Waals surface area contributed by atoms with Gasteiger partial charge in [0.1, 0.15) is 5.83 Å². The average molecular weight is 331 g/mol. The molecular weight excluding hydrogens is 309 g/mol. The van der Waals surface area contributed by atoms with Crippen molar-refractivity contribution in [2.75, 3.05) is 7.11 Å². The van der Waals surface area contributed by atoms with E-state index >= 15 is 0 Å². The van der Waals surface area contributed by atoms with Crippen LogP contribution in [0.3, 0.4) is 0 Å². The van der Waals surface area contributed by atoms with Gasteiger partial charge in [-0.3, -0.25) is 4.79 Å². The Hall–Kier alpha value is -2.82. The average Bonchev–Trinajstić information content (AvgIpc) is 2.70. The van der Waals surface area contributed by atoms with Crippen LogP contribution in [0.1, 0.15) is 19.8 Å². The first-order valence-corrected chi connectivity index (χ1v) is 7.44. The maximum atomic E-state index is 12.4. The van der Waals surface area contributed by atoms with Crippen LogP contribution in [0.4, 0.5) is 4.39 Å². The predicted octanol–water partition coefficient (Wildman–Crippen LogP) is 4.29. The van der Waals surface area contributed by atoms with Gasteiger partial charge < -0.3 is 15.2 Å². The van der Waals surface area contributed by atoms with E-state index in [9.17, 15) is 14.3 Å². The Balaban J connectivity index is 2.57. The highest BCUT2D eigenvalue weighted by molar-refractivity contribution is 5.89. The quantitative estimate of drug-likeness (QED) is 0.540. The number of hydrogen-bond donors (Lipinski definition) is 2. The van der Waals surface area contributed by atoms with Crippen molar-refractivity contribution in [2.24, 2.45) is 0 Å². The van der Waals surface area contributed by atoms with Crippen LogP contribution in [0.25, 0.3) is 0 Å². The van der Waals surface area contributed by atoms with Crippen LogP contribution in [-0.2, 0) is 9.53 Å². The topological polar surface area (TPSA) is 58.6 Å². The lowest BCUT2D eigenvalue weighted by Gasteiger charge is -2.03. The fourth-order valence-electron chi connectivity index (χ4n) is 1.90. The molecule has 0 unspecified atom stereocenters. The summed E-state index contributed by atoms with van der Waals surface area (Å²) in [5, 5.41) is 12.5. The third-order valence-electron chi connectivity index (χ3n) is 3.04. The first kappa shape index (κ1) is 19.2. The van der Waals surface area contributed by atoms with Crippen molar-refractivity contribution in [1.82, 2.24) is 5.32 Å². The number of hydrogen-bond acceptors (Lipinski definition) is 3. The second kappa shape index (κ2) is 10.0. The molecule has 0 aliphatic heterocycles. The Kier molecular flexibility index (Phi) is 8.05. The normalized spacial score (nSPS) is 15.6. The van der Waals surface area contributed by atoms with Crippen molar-refractivity contribution in [2.45, 2.75) is 19.8 Å². The highest BCUT2D eigenvalue weighted by atomic mass is 19.1. The molecule has 24 heavy (non-hydrogen) atoms. The van der Waals surface area contributed by atoms with E-state index in [0.29, 0.717) is 29.9 Å². The number of aliphatic hydroxyl groups is 1. The first-order valence-electron chi connectivity index (χ1n) is 7.44. The highest BCUT2D eigenvalue weighted by Crippen LogP contribution is 2.17. The van der Waals surface area contributed by atoms with Crippen LogP contribution in [0.15, 0.2) is 83.8 Å². The number of amides is 1. The van der Waals surface area contributed by atoms with Gasteiger partial charge in [0.05, 0.1) is 7.11 Å². The van der Waals surface area contributed by atoms with Gasteiger partial charge in [-0.2, -0.15) is 0 Å². The molecule has 0 atom stereocenters. The monoisotopic (exact) mass is 331 g/mol. The van der Waals surface area contributed by atoms with E-state index in [1.165, 1.54) is 25.3 Å². The van der Waals surface area contributed by atoms with Crippen LogP contribution < -0.4 is 5.32 Å². The lowest BCUT2D eigenvalue weighted by Crippen LogP contribution is -2.18. The molecule has 0 fully saturated rings. The zero-order valence-electron chi connectivity index (χ0n) is 13.9. The van der Waals surface area contributed by atoms with Crippen molar-refractivity contribution in [3.8, 4) is 0 Å². The molecular formula is C19H22FNO3. The number of carbonyl (C=O) groups is 1. The van der Waals surface area contributed by atoms with Gasteiger partial charge in [-0.05, 0) is 49.6 Å². The lowest BCUT2D eigenvalue weighted by molar-refractivity contribution is -0.115. The highest BCUT2D eigenvalue weighted by Gasteiger charge is 2.06. The third kappa shape index (κ3) is 7.45. The lowest BCUT2D eigenvalue weighted by atomic mass is 10.2. The number of ether oxygens (including phenoxy) is 1. The van der Waals surface area contributed by atoms with E-state index in [1.54, 1.807) is 31.2 Å². The molecule has 128 valence electrons. The molecule has 0 saturated heterocycles. The molecule has 2 N–H and O–H groups in total. The molecule has 0 bridgehead atoms. The number of carbonyl (C=O) groups excluding carboxylic acids is 1. The van der Waals surface area contributed by atoms with Gasteiger partial charge in [-0.1, -0.05) is 24.8 Å². The molecule has 0 aromatic heterocycles. The maximum Gasteiger partial charge on any atom is 0.248 e. The summed E-state index contributed by atoms with van der Waals surface area (Å²) >= 11 is 0. The number of aliphatic hydroxyl groups excluding tert-OH is 1. The van der Waals surface area contributed by atoms with Crippen molar-refractivity contribution in [3.05, 3.63) is 83.8 Å². The van der Waals surface area contributed by atoms with Crippen LogP contribution in [0.2, 0.25) is 0 Å². The molecule has 1 aliphatic rings. The van der Waals surface area contributed by atoms with Crippen LogP contribution in [0.5, 0.6) is 0 Å².